The Bertz CT molecular complexity index is 510. The Kier molecular flexibility index (Phi) is 4.99. The summed E-state index contributed by atoms with van der Waals surface area (Å²) in [5.74, 6) is 0.0951. The number of amides is 2. The van der Waals surface area contributed by atoms with E-state index < -0.39 is 6.04 Å². The number of anilines is 1. The summed E-state index contributed by atoms with van der Waals surface area (Å²) in [6.07, 6.45) is 2.19. The summed E-state index contributed by atoms with van der Waals surface area (Å²) in [6, 6.07) is 7.61. The average Bonchev–Trinajstić information content (AvgIpc) is 2.66. The van der Waals surface area contributed by atoms with Gasteiger partial charge in [0, 0.05) is 18.7 Å². The molecular weight excluding hydrogens is 264 g/mol. The Balaban J connectivity index is 2.27. The SMILES string of the molecule is CCc1ccc(N2CCC(=O)NC(C(C)CC)C2=O)cc1. The van der Waals surface area contributed by atoms with Crippen molar-refractivity contribution in [2.45, 2.75) is 46.1 Å². The third kappa shape index (κ3) is 3.43. The van der Waals surface area contributed by atoms with Crippen molar-refractivity contribution in [1.29, 1.82) is 0 Å². The van der Waals surface area contributed by atoms with Gasteiger partial charge in [0.25, 0.3) is 0 Å². The van der Waals surface area contributed by atoms with E-state index in [-0.39, 0.29) is 17.7 Å². The highest BCUT2D eigenvalue weighted by Gasteiger charge is 2.33. The van der Waals surface area contributed by atoms with Gasteiger partial charge in [-0.3, -0.25) is 9.59 Å². The Morgan fingerprint density at radius 2 is 1.90 bits per heavy atom. The summed E-state index contributed by atoms with van der Waals surface area (Å²) >= 11 is 0. The van der Waals surface area contributed by atoms with E-state index in [1.165, 1.54) is 5.56 Å². The van der Waals surface area contributed by atoms with Crippen molar-refractivity contribution in [3.05, 3.63) is 29.8 Å². The molecule has 1 heterocycles. The zero-order valence-electron chi connectivity index (χ0n) is 13.1. The monoisotopic (exact) mass is 288 g/mol. The molecule has 1 aromatic rings. The summed E-state index contributed by atoms with van der Waals surface area (Å²) in [4.78, 5) is 26.3. The molecule has 2 amide bonds. The summed E-state index contributed by atoms with van der Waals surface area (Å²) < 4.78 is 0. The standard InChI is InChI=1S/C17H24N2O2/c1-4-12(3)16-17(21)19(11-10-15(20)18-16)14-8-6-13(5-2)7-9-14/h6-9,12,16H,4-5,10-11H2,1-3H3,(H,18,20). The smallest absolute Gasteiger partial charge is 0.249 e. The number of rotatable bonds is 4. The van der Waals surface area contributed by atoms with Crippen LogP contribution < -0.4 is 10.2 Å². The van der Waals surface area contributed by atoms with Gasteiger partial charge in [0.2, 0.25) is 11.8 Å². The summed E-state index contributed by atoms with van der Waals surface area (Å²) in [7, 11) is 0. The average molecular weight is 288 g/mol. The molecule has 1 fully saturated rings. The molecule has 1 saturated heterocycles. The Morgan fingerprint density at radius 3 is 2.48 bits per heavy atom. The first-order valence-electron chi connectivity index (χ1n) is 7.76. The van der Waals surface area contributed by atoms with Crippen molar-refractivity contribution in [3.63, 3.8) is 0 Å². The molecule has 0 saturated carbocycles. The maximum Gasteiger partial charge on any atom is 0.249 e. The van der Waals surface area contributed by atoms with Crippen molar-refractivity contribution < 1.29 is 9.59 Å². The van der Waals surface area contributed by atoms with Gasteiger partial charge in [0.1, 0.15) is 6.04 Å². The molecular formula is C17H24N2O2. The van der Waals surface area contributed by atoms with E-state index in [9.17, 15) is 9.59 Å². The first-order valence-corrected chi connectivity index (χ1v) is 7.76. The van der Waals surface area contributed by atoms with Crippen LogP contribution in [-0.2, 0) is 16.0 Å². The van der Waals surface area contributed by atoms with Gasteiger partial charge in [-0.25, -0.2) is 0 Å². The van der Waals surface area contributed by atoms with Crippen LogP contribution >= 0.6 is 0 Å². The van der Waals surface area contributed by atoms with E-state index in [2.05, 4.69) is 12.2 Å². The molecule has 2 atom stereocenters. The van der Waals surface area contributed by atoms with Crippen LogP contribution in [0.4, 0.5) is 5.69 Å². The Hall–Kier alpha value is -1.84. The predicted octanol–water partition coefficient (Wildman–Crippen LogP) is 2.52. The fourth-order valence-corrected chi connectivity index (χ4v) is 2.59. The highest BCUT2D eigenvalue weighted by molar-refractivity contribution is 6.01. The molecule has 1 aromatic carbocycles. The van der Waals surface area contributed by atoms with Crippen LogP contribution in [-0.4, -0.2) is 24.4 Å². The van der Waals surface area contributed by atoms with Gasteiger partial charge in [-0.1, -0.05) is 39.3 Å². The minimum atomic E-state index is -0.421. The second kappa shape index (κ2) is 6.74. The van der Waals surface area contributed by atoms with Gasteiger partial charge in [0.05, 0.1) is 0 Å². The second-order valence-electron chi connectivity index (χ2n) is 5.69. The fourth-order valence-electron chi connectivity index (χ4n) is 2.59. The molecule has 4 nitrogen and oxygen atoms in total. The van der Waals surface area contributed by atoms with Crippen LogP contribution in [0, 0.1) is 5.92 Å². The molecule has 0 aliphatic carbocycles. The molecule has 4 heteroatoms. The van der Waals surface area contributed by atoms with Crippen molar-refractivity contribution in [3.8, 4) is 0 Å². The number of hydrogen-bond acceptors (Lipinski definition) is 2. The van der Waals surface area contributed by atoms with Crippen LogP contribution in [0.25, 0.3) is 0 Å². The Labute approximate surface area is 126 Å². The molecule has 0 bridgehead atoms. The molecule has 21 heavy (non-hydrogen) atoms. The van der Waals surface area contributed by atoms with Crippen LogP contribution in [0.2, 0.25) is 0 Å². The van der Waals surface area contributed by atoms with Gasteiger partial charge < -0.3 is 10.2 Å². The number of nitrogens with one attached hydrogen (secondary N) is 1. The lowest BCUT2D eigenvalue weighted by Gasteiger charge is -2.27. The third-order valence-electron chi connectivity index (χ3n) is 4.28. The van der Waals surface area contributed by atoms with Crippen molar-refractivity contribution in [1.82, 2.24) is 5.32 Å². The van der Waals surface area contributed by atoms with Crippen molar-refractivity contribution in [2.75, 3.05) is 11.4 Å². The number of aryl methyl sites for hydroxylation is 1. The normalized spacial score (nSPS) is 20.9. The highest BCUT2D eigenvalue weighted by atomic mass is 16.2. The molecule has 1 N–H and O–H groups in total. The number of hydrogen-bond donors (Lipinski definition) is 1. The largest absolute Gasteiger partial charge is 0.344 e. The minimum absolute atomic E-state index is 0.000511. The molecule has 0 radical (unpaired) electrons. The number of carbonyl (C=O) groups excluding carboxylic acids is 2. The van der Waals surface area contributed by atoms with Gasteiger partial charge >= 0.3 is 0 Å². The number of benzene rings is 1. The van der Waals surface area contributed by atoms with Gasteiger partial charge in [-0.05, 0) is 30.0 Å². The van der Waals surface area contributed by atoms with Crippen LogP contribution in [0.1, 0.15) is 39.2 Å². The highest BCUT2D eigenvalue weighted by Crippen LogP contribution is 2.21. The van der Waals surface area contributed by atoms with E-state index in [4.69, 9.17) is 0 Å². The van der Waals surface area contributed by atoms with E-state index >= 15 is 0 Å². The lowest BCUT2D eigenvalue weighted by atomic mass is 9.98. The molecule has 0 spiro atoms. The van der Waals surface area contributed by atoms with Gasteiger partial charge in [-0.15, -0.1) is 0 Å². The van der Waals surface area contributed by atoms with E-state index in [0.29, 0.717) is 13.0 Å². The van der Waals surface area contributed by atoms with E-state index in [1.54, 1.807) is 4.90 Å². The fraction of sp³-hybridized carbons (Fsp3) is 0.529. The molecule has 1 aliphatic heterocycles. The first kappa shape index (κ1) is 15.5. The van der Waals surface area contributed by atoms with Gasteiger partial charge in [-0.2, -0.15) is 0 Å². The van der Waals surface area contributed by atoms with Gasteiger partial charge in [0.15, 0.2) is 0 Å². The molecule has 114 valence electrons. The zero-order valence-corrected chi connectivity index (χ0v) is 13.1. The van der Waals surface area contributed by atoms with E-state index in [1.807, 2.05) is 38.1 Å². The molecule has 2 rings (SSSR count). The molecule has 2 unspecified atom stereocenters. The summed E-state index contributed by atoms with van der Waals surface area (Å²) in [6.45, 7) is 6.60. The van der Waals surface area contributed by atoms with Crippen molar-refractivity contribution >= 4 is 17.5 Å². The summed E-state index contributed by atoms with van der Waals surface area (Å²) in [5, 5.41) is 2.87. The van der Waals surface area contributed by atoms with Crippen LogP contribution in [0.3, 0.4) is 0 Å². The predicted molar refractivity (Wildman–Crippen MR) is 84.2 cm³/mol. The zero-order chi connectivity index (χ0) is 15.4. The molecule has 0 aromatic heterocycles. The molecule has 1 aliphatic rings. The Morgan fingerprint density at radius 1 is 1.24 bits per heavy atom. The number of carbonyl (C=O) groups is 2. The van der Waals surface area contributed by atoms with E-state index in [0.717, 1.165) is 18.5 Å². The quantitative estimate of drug-likeness (QED) is 0.925. The minimum Gasteiger partial charge on any atom is -0.344 e. The van der Waals surface area contributed by atoms with Crippen LogP contribution in [0.5, 0.6) is 0 Å². The first-order chi connectivity index (χ1) is 10.1. The summed E-state index contributed by atoms with van der Waals surface area (Å²) in [5.41, 5.74) is 2.12. The maximum atomic E-state index is 12.8. The number of nitrogens with zero attached hydrogens (tertiary/aromatic N) is 1. The maximum absolute atomic E-state index is 12.8. The third-order valence-corrected chi connectivity index (χ3v) is 4.28. The lowest BCUT2D eigenvalue weighted by molar-refractivity contribution is -0.126. The van der Waals surface area contributed by atoms with Crippen LogP contribution in [0.15, 0.2) is 24.3 Å². The second-order valence-corrected chi connectivity index (χ2v) is 5.69. The lowest BCUT2D eigenvalue weighted by Crippen LogP contribution is -2.48. The topological polar surface area (TPSA) is 49.4 Å². The van der Waals surface area contributed by atoms with Crippen molar-refractivity contribution in [2.24, 2.45) is 5.92 Å².